The highest BCUT2D eigenvalue weighted by molar-refractivity contribution is 9.10. The van der Waals surface area contributed by atoms with Gasteiger partial charge >= 0.3 is 5.97 Å². The minimum Gasteiger partial charge on any atom is -0.465 e. The van der Waals surface area contributed by atoms with Crippen molar-refractivity contribution in [1.29, 1.82) is 0 Å². The van der Waals surface area contributed by atoms with E-state index in [9.17, 15) is 15.0 Å². The Morgan fingerprint density at radius 2 is 2.06 bits per heavy atom. The van der Waals surface area contributed by atoms with Crippen molar-refractivity contribution < 1.29 is 24.5 Å². The SMILES string of the molecule is CCOC(=O)C(Br)C(O)CCOC(C)(C)O. The molecule has 0 spiro atoms. The molecule has 0 aliphatic rings. The molecule has 0 bridgehead atoms. The maximum atomic E-state index is 11.2. The number of aliphatic hydroxyl groups excluding tert-OH is 1. The van der Waals surface area contributed by atoms with Gasteiger partial charge in [-0.25, -0.2) is 0 Å². The van der Waals surface area contributed by atoms with Crippen LogP contribution in [0.3, 0.4) is 0 Å². The van der Waals surface area contributed by atoms with E-state index in [2.05, 4.69) is 15.9 Å². The van der Waals surface area contributed by atoms with Crippen LogP contribution in [0.5, 0.6) is 0 Å². The highest BCUT2D eigenvalue weighted by atomic mass is 79.9. The van der Waals surface area contributed by atoms with Crippen LogP contribution in [0.25, 0.3) is 0 Å². The summed E-state index contributed by atoms with van der Waals surface area (Å²) in [6.07, 6.45) is -0.667. The van der Waals surface area contributed by atoms with Gasteiger partial charge in [-0.1, -0.05) is 15.9 Å². The molecule has 0 aromatic heterocycles. The van der Waals surface area contributed by atoms with E-state index in [1.807, 2.05) is 0 Å². The molecule has 0 aromatic carbocycles. The lowest BCUT2D eigenvalue weighted by atomic mass is 10.2. The van der Waals surface area contributed by atoms with Crippen molar-refractivity contribution in [1.82, 2.24) is 0 Å². The zero-order valence-corrected chi connectivity index (χ0v) is 11.4. The molecule has 2 atom stereocenters. The summed E-state index contributed by atoms with van der Waals surface area (Å²) in [7, 11) is 0. The molecule has 6 heteroatoms. The van der Waals surface area contributed by atoms with E-state index in [-0.39, 0.29) is 19.6 Å². The average Bonchev–Trinajstić information content (AvgIpc) is 2.14. The second-order valence-electron chi connectivity index (χ2n) is 3.81. The molecule has 0 saturated heterocycles. The summed E-state index contributed by atoms with van der Waals surface area (Å²) in [4.78, 5) is 10.5. The van der Waals surface area contributed by atoms with E-state index >= 15 is 0 Å². The number of hydrogen-bond donors (Lipinski definition) is 2. The summed E-state index contributed by atoms with van der Waals surface area (Å²) in [5, 5.41) is 18.9. The largest absolute Gasteiger partial charge is 0.465 e. The third kappa shape index (κ3) is 7.16. The fourth-order valence-electron chi connectivity index (χ4n) is 0.955. The molecule has 96 valence electrons. The molecular weight excluding hydrogens is 280 g/mol. The van der Waals surface area contributed by atoms with E-state index in [0.717, 1.165) is 0 Å². The Morgan fingerprint density at radius 3 is 2.50 bits per heavy atom. The Bertz CT molecular complexity index is 214. The van der Waals surface area contributed by atoms with Crippen molar-refractivity contribution in [3.8, 4) is 0 Å². The lowest BCUT2D eigenvalue weighted by molar-refractivity contribution is -0.179. The fourth-order valence-corrected chi connectivity index (χ4v) is 1.35. The van der Waals surface area contributed by atoms with E-state index in [1.54, 1.807) is 6.92 Å². The van der Waals surface area contributed by atoms with Gasteiger partial charge in [-0.2, -0.15) is 0 Å². The van der Waals surface area contributed by atoms with Crippen LogP contribution in [0.15, 0.2) is 0 Å². The number of alkyl halides is 1. The van der Waals surface area contributed by atoms with Crippen molar-refractivity contribution in [2.45, 2.75) is 43.9 Å². The highest BCUT2D eigenvalue weighted by Gasteiger charge is 2.25. The van der Waals surface area contributed by atoms with Gasteiger partial charge in [0.1, 0.15) is 4.83 Å². The normalized spacial score (nSPS) is 15.6. The smallest absolute Gasteiger partial charge is 0.322 e. The Kier molecular flexibility index (Phi) is 7.14. The molecule has 0 aromatic rings. The summed E-state index contributed by atoms with van der Waals surface area (Å²) < 4.78 is 9.75. The van der Waals surface area contributed by atoms with E-state index < -0.39 is 22.7 Å². The van der Waals surface area contributed by atoms with Crippen LogP contribution in [0.2, 0.25) is 0 Å². The van der Waals surface area contributed by atoms with Gasteiger partial charge in [-0.3, -0.25) is 4.79 Å². The fraction of sp³-hybridized carbons (Fsp3) is 0.900. The summed E-state index contributed by atoms with van der Waals surface area (Å²) in [6.45, 7) is 5.12. The van der Waals surface area contributed by atoms with Crippen LogP contribution >= 0.6 is 15.9 Å². The van der Waals surface area contributed by atoms with Gasteiger partial charge in [0.2, 0.25) is 0 Å². The topological polar surface area (TPSA) is 76.0 Å². The summed E-state index contributed by atoms with van der Waals surface area (Å²) in [5.74, 6) is -1.73. The third-order valence-electron chi connectivity index (χ3n) is 1.72. The second-order valence-corrected chi connectivity index (χ2v) is 4.79. The lowest BCUT2D eigenvalue weighted by Gasteiger charge is -2.20. The third-order valence-corrected chi connectivity index (χ3v) is 2.70. The molecule has 0 heterocycles. The monoisotopic (exact) mass is 298 g/mol. The minimum atomic E-state index is -1.23. The van der Waals surface area contributed by atoms with Crippen molar-refractivity contribution in [2.75, 3.05) is 13.2 Å². The van der Waals surface area contributed by atoms with E-state index in [4.69, 9.17) is 9.47 Å². The lowest BCUT2D eigenvalue weighted by Crippen LogP contribution is -2.33. The summed E-state index contributed by atoms with van der Waals surface area (Å²) in [6, 6.07) is 0. The van der Waals surface area contributed by atoms with Crippen molar-refractivity contribution in [3.05, 3.63) is 0 Å². The van der Waals surface area contributed by atoms with Crippen molar-refractivity contribution >= 4 is 21.9 Å². The molecule has 0 aliphatic heterocycles. The van der Waals surface area contributed by atoms with Gasteiger partial charge in [0.05, 0.1) is 19.3 Å². The number of halogens is 1. The first kappa shape index (κ1) is 15.8. The summed E-state index contributed by atoms with van der Waals surface area (Å²) in [5.41, 5.74) is 0. The van der Waals surface area contributed by atoms with Crippen LogP contribution in [0.1, 0.15) is 27.2 Å². The summed E-state index contributed by atoms with van der Waals surface area (Å²) >= 11 is 3.05. The standard InChI is InChI=1S/C10H19BrO5/c1-4-15-9(13)8(11)7(12)5-6-16-10(2,3)14/h7-8,12,14H,4-6H2,1-3H3. The van der Waals surface area contributed by atoms with E-state index in [0.29, 0.717) is 0 Å². The zero-order chi connectivity index (χ0) is 12.8. The average molecular weight is 299 g/mol. The minimum absolute atomic E-state index is 0.159. The molecule has 2 unspecified atom stereocenters. The van der Waals surface area contributed by atoms with Crippen LogP contribution in [0, 0.1) is 0 Å². The number of carbonyl (C=O) groups is 1. The Morgan fingerprint density at radius 1 is 1.50 bits per heavy atom. The van der Waals surface area contributed by atoms with Gasteiger partial charge in [-0.15, -0.1) is 0 Å². The molecule has 2 N–H and O–H groups in total. The van der Waals surface area contributed by atoms with Gasteiger partial charge in [0.25, 0.3) is 0 Å². The number of esters is 1. The molecule has 0 rings (SSSR count). The Hall–Kier alpha value is -0.170. The number of rotatable bonds is 7. The highest BCUT2D eigenvalue weighted by Crippen LogP contribution is 2.13. The molecule has 0 aliphatic carbocycles. The predicted octanol–water partition coefficient (Wildman–Crippen LogP) is 0.809. The second kappa shape index (κ2) is 7.21. The van der Waals surface area contributed by atoms with Gasteiger partial charge in [0, 0.05) is 0 Å². The zero-order valence-electron chi connectivity index (χ0n) is 9.77. The number of aliphatic hydroxyl groups is 2. The molecule has 0 saturated carbocycles. The van der Waals surface area contributed by atoms with Gasteiger partial charge in [-0.05, 0) is 27.2 Å². The molecular formula is C10H19BrO5. The van der Waals surface area contributed by atoms with Crippen LogP contribution in [-0.4, -0.2) is 46.1 Å². The number of ether oxygens (including phenoxy) is 2. The van der Waals surface area contributed by atoms with Gasteiger partial charge < -0.3 is 19.7 Å². The van der Waals surface area contributed by atoms with Crippen molar-refractivity contribution in [2.24, 2.45) is 0 Å². The molecule has 16 heavy (non-hydrogen) atoms. The quantitative estimate of drug-likeness (QED) is 0.413. The molecule has 0 amide bonds. The van der Waals surface area contributed by atoms with Crippen LogP contribution in [0.4, 0.5) is 0 Å². The first-order valence-corrected chi connectivity index (χ1v) is 6.04. The first-order valence-electron chi connectivity index (χ1n) is 5.13. The number of carbonyl (C=O) groups excluding carboxylic acids is 1. The Balaban J connectivity index is 3.88. The predicted molar refractivity (Wildman–Crippen MR) is 62.2 cm³/mol. The molecule has 0 radical (unpaired) electrons. The molecule has 5 nitrogen and oxygen atoms in total. The van der Waals surface area contributed by atoms with E-state index in [1.165, 1.54) is 13.8 Å². The maximum absolute atomic E-state index is 11.2. The first-order chi connectivity index (χ1) is 7.28. The van der Waals surface area contributed by atoms with Crippen molar-refractivity contribution in [3.63, 3.8) is 0 Å². The van der Waals surface area contributed by atoms with Crippen LogP contribution in [-0.2, 0) is 14.3 Å². The Labute approximate surface area is 104 Å². The van der Waals surface area contributed by atoms with Crippen LogP contribution < -0.4 is 0 Å². The van der Waals surface area contributed by atoms with Gasteiger partial charge in [0.15, 0.2) is 5.79 Å². The molecule has 0 fully saturated rings. The maximum Gasteiger partial charge on any atom is 0.322 e. The number of hydrogen-bond acceptors (Lipinski definition) is 5.